The predicted molar refractivity (Wildman–Crippen MR) is 131 cm³/mol. The molecule has 0 bridgehead atoms. The van der Waals surface area contributed by atoms with Crippen molar-refractivity contribution in [1.82, 2.24) is 4.90 Å². The first-order valence-electron chi connectivity index (χ1n) is 11.6. The Morgan fingerprint density at radius 3 is 2.40 bits per heavy atom. The van der Waals surface area contributed by atoms with E-state index in [4.69, 9.17) is 23.7 Å². The number of nitrogens with zero attached hydrogens (tertiary/aromatic N) is 1. The molecule has 0 radical (unpaired) electrons. The fraction of sp³-hybridized carbons (Fsp3) is 0.321. The van der Waals surface area contributed by atoms with E-state index in [1.165, 1.54) is 0 Å². The molecule has 5 rings (SSSR count). The van der Waals surface area contributed by atoms with E-state index < -0.39 is 0 Å². The number of ether oxygens (including phenoxy) is 5. The molecule has 0 aliphatic carbocycles. The van der Waals surface area contributed by atoms with E-state index in [-0.39, 0.29) is 18.7 Å². The van der Waals surface area contributed by atoms with E-state index >= 15 is 0 Å². The highest BCUT2D eigenvalue weighted by Gasteiger charge is 2.34. The van der Waals surface area contributed by atoms with Crippen LogP contribution in [-0.4, -0.2) is 45.0 Å². The second-order valence-electron chi connectivity index (χ2n) is 8.87. The first-order chi connectivity index (χ1) is 17.0. The molecule has 2 aliphatic heterocycles. The summed E-state index contributed by atoms with van der Waals surface area (Å²) in [7, 11) is 3.24. The largest absolute Gasteiger partial charge is 0.493 e. The third-order valence-electron chi connectivity index (χ3n) is 6.49. The molecular weight excluding hydrogens is 446 g/mol. The molecule has 2 aliphatic rings. The van der Waals surface area contributed by atoms with Crippen LogP contribution in [-0.2, 0) is 6.42 Å². The van der Waals surface area contributed by atoms with Gasteiger partial charge in [-0.1, -0.05) is 6.07 Å². The van der Waals surface area contributed by atoms with Crippen molar-refractivity contribution < 1.29 is 28.5 Å². The smallest absolute Gasteiger partial charge is 0.254 e. The van der Waals surface area contributed by atoms with Crippen LogP contribution in [0.15, 0.2) is 48.5 Å². The second-order valence-corrected chi connectivity index (χ2v) is 8.87. The first-order valence-corrected chi connectivity index (χ1v) is 11.6. The number of rotatable bonds is 6. The Labute approximate surface area is 205 Å². The van der Waals surface area contributed by atoms with Crippen molar-refractivity contribution in [1.29, 1.82) is 0 Å². The summed E-state index contributed by atoms with van der Waals surface area (Å²) < 4.78 is 28.3. The second kappa shape index (κ2) is 9.41. The molecule has 3 aromatic rings. The Morgan fingerprint density at radius 1 is 0.943 bits per heavy atom. The quantitative estimate of drug-likeness (QED) is 0.507. The molecule has 0 spiro atoms. The Bertz CT molecular complexity index is 1250. The number of methoxy groups -OCH3 is 2. The molecule has 0 saturated carbocycles. The minimum atomic E-state index is -0.308. The normalized spacial score (nSPS) is 16.0. The zero-order chi connectivity index (χ0) is 24.5. The molecule has 1 unspecified atom stereocenters. The van der Waals surface area contributed by atoms with Crippen molar-refractivity contribution in [2.24, 2.45) is 0 Å². The maximum atomic E-state index is 13.7. The Morgan fingerprint density at radius 2 is 1.66 bits per heavy atom. The van der Waals surface area contributed by atoms with Crippen LogP contribution in [0.5, 0.6) is 28.7 Å². The van der Waals surface area contributed by atoms with Gasteiger partial charge in [0.2, 0.25) is 6.79 Å². The lowest BCUT2D eigenvalue weighted by molar-refractivity contribution is 0.0589. The standard InChI is InChI=1S/C28H29NO6/c1-17-9-18(2)11-21(10-17)33-15-23-22-14-26(32-4)25(31-3)12-19(22)7-8-29(23)28(30)20-5-6-24-27(13-20)35-16-34-24/h5-6,9-14,23H,7-8,15-16H2,1-4H3. The number of hydrogen-bond acceptors (Lipinski definition) is 6. The lowest BCUT2D eigenvalue weighted by Crippen LogP contribution is -2.42. The summed E-state index contributed by atoms with van der Waals surface area (Å²) in [6.07, 6.45) is 0.700. The summed E-state index contributed by atoms with van der Waals surface area (Å²) in [5, 5.41) is 0. The van der Waals surface area contributed by atoms with Gasteiger partial charge >= 0.3 is 0 Å². The predicted octanol–water partition coefficient (Wildman–Crippen LogP) is 4.87. The summed E-state index contributed by atoms with van der Waals surface area (Å²) in [5.74, 6) is 3.24. The number of hydrogen-bond donors (Lipinski definition) is 0. The van der Waals surface area contributed by atoms with Gasteiger partial charge in [0.05, 0.1) is 20.3 Å². The van der Waals surface area contributed by atoms with Crippen LogP contribution in [0.2, 0.25) is 0 Å². The van der Waals surface area contributed by atoms with Gasteiger partial charge in [-0.05, 0) is 85.0 Å². The SMILES string of the molecule is COc1cc2c(cc1OC)C(COc1cc(C)cc(C)c1)N(C(=O)c1ccc3c(c1)OCO3)CC2. The minimum Gasteiger partial charge on any atom is -0.493 e. The van der Waals surface area contributed by atoms with Crippen LogP contribution in [0, 0.1) is 13.8 Å². The van der Waals surface area contributed by atoms with E-state index in [2.05, 4.69) is 6.07 Å². The molecule has 1 amide bonds. The topological polar surface area (TPSA) is 66.5 Å². The first kappa shape index (κ1) is 22.9. The van der Waals surface area contributed by atoms with Gasteiger partial charge in [0, 0.05) is 12.1 Å². The summed E-state index contributed by atoms with van der Waals surface area (Å²) in [4.78, 5) is 15.6. The molecular formula is C28H29NO6. The summed E-state index contributed by atoms with van der Waals surface area (Å²) in [6.45, 7) is 5.11. The van der Waals surface area contributed by atoms with Crippen LogP contribution < -0.4 is 23.7 Å². The molecule has 0 saturated heterocycles. The lowest BCUT2D eigenvalue weighted by atomic mass is 9.91. The van der Waals surface area contributed by atoms with E-state index in [0.717, 1.165) is 28.0 Å². The number of fused-ring (bicyclic) bond motifs is 2. The van der Waals surface area contributed by atoms with Crippen molar-refractivity contribution in [2.45, 2.75) is 26.3 Å². The number of carbonyl (C=O) groups is 1. The van der Waals surface area contributed by atoms with Gasteiger partial charge in [0.25, 0.3) is 5.91 Å². The Hall–Kier alpha value is -3.87. The number of amides is 1. The van der Waals surface area contributed by atoms with Gasteiger partial charge in [-0.3, -0.25) is 4.79 Å². The van der Waals surface area contributed by atoms with E-state index in [0.29, 0.717) is 48.1 Å². The minimum absolute atomic E-state index is 0.0854. The van der Waals surface area contributed by atoms with Gasteiger partial charge in [0.1, 0.15) is 12.4 Å². The van der Waals surface area contributed by atoms with Crippen molar-refractivity contribution in [3.05, 3.63) is 76.3 Å². The van der Waals surface area contributed by atoms with Crippen LogP contribution in [0.25, 0.3) is 0 Å². The fourth-order valence-corrected chi connectivity index (χ4v) is 4.84. The summed E-state index contributed by atoms with van der Waals surface area (Å²) >= 11 is 0. The van der Waals surface area contributed by atoms with Gasteiger partial charge in [0.15, 0.2) is 23.0 Å². The van der Waals surface area contributed by atoms with Crippen LogP contribution in [0.4, 0.5) is 0 Å². The zero-order valence-electron chi connectivity index (χ0n) is 20.4. The Kier molecular flexibility index (Phi) is 6.16. The highest BCUT2D eigenvalue weighted by molar-refractivity contribution is 5.95. The van der Waals surface area contributed by atoms with Crippen LogP contribution >= 0.6 is 0 Å². The van der Waals surface area contributed by atoms with Crippen LogP contribution in [0.3, 0.4) is 0 Å². The molecule has 1 atom stereocenters. The van der Waals surface area contributed by atoms with Crippen molar-refractivity contribution in [3.8, 4) is 28.7 Å². The number of carbonyl (C=O) groups excluding carboxylic acids is 1. The molecule has 3 aromatic carbocycles. The van der Waals surface area contributed by atoms with Crippen molar-refractivity contribution in [2.75, 3.05) is 34.2 Å². The maximum absolute atomic E-state index is 13.7. The van der Waals surface area contributed by atoms with Gasteiger partial charge in [-0.15, -0.1) is 0 Å². The molecule has 0 aromatic heterocycles. The Balaban J connectivity index is 1.50. The average molecular weight is 476 g/mol. The highest BCUT2D eigenvalue weighted by Crippen LogP contribution is 2.40. The van der Waals surface area contributed by atoms with E-state index in [1.54, 1.807) is 32.4 Å². The van der Waals surface area contributed by atoms with Gasteiger partial charge in [-0.25, -0.2) is 0 Å². The van der Waals surface area contributed by atoms with E-state index in [9.17, 15) is 4.79 Å². The molecule has 7 heteroatoms. The lowest BCUT2D eigenvalue weighted by Gasteiger charge is -2.37. The number of aryl methyl sites for hydroxylation is 2. The molecule has 35 heavy (non-hydrogen) atoms. The third kappa shape index (κ3) is 4.46. The van der Waals surface area contributed by atoms with Crippen molar-refractivity contribution in [3.63, 3.8) is 0 Å². The van der Waals surface area contributed by atoms with Crippen molar-refractivity contribution >= 4 is 5.91 Å². The highest BCUT2D eigenvalue weighted by atomic mass is 16.7. The fourth-order valence-electron chi connectivity index (χ4n) is 4.84. The third-order valence-corrected chi connectivity index (χ3v) is 6.49. The molecule has 0 N–H and O–H groups in total. The monoisotopic (exact) mass is 475 g/mol. The molecule has 2 heterocycles. The van der Waals surface area contributed by atoms with E-state index in [1.807, 2.05) is 43.0 Å². The van der Waals surface area contributed by atoms with Crippen LogP contribution in [0.1, 0.15) is 38.7 Å². The molecule has 7 nitrogen and oxygen atoms in total. The summed E-state index contributed by atoms with van der Waals surface area (Å²) in [5.41, 5.74) is 4.92. The van der Waals surface area contributed by atoms with Gasteiger partial charge in [-0.2, -0.15) is 0 Å². The summed E-state index contributed by atoms with van der Waals surface area (Å²) in [6, 6.07) is 15.1. The average Bonchev–Trinajstić information content (AvgIpc) is 3.33. The molecule has 182 valence electrons. The number of benzene rings is 3. The zero-order valence-corrected chi connectivity index (χ0v) is 20.4. The van der Waals surface area contributed by atoms with Gasteiger partial charge < -0.3 is 28.6 Å². The maximum Gasteiger partial charge on any atom is 0.254 e. The molecule has 0 fully saturated rings.